The van der Waals surface area contributed by atoms with Gasteiger partial charge in [0.05, 0.1) is 17.2 Å². The SMILES string of the molecule is Cc1scnc1N1[C@@]2(CCN(Cc3ccc(O)c(OC(C)C)c3)[C@@H](C)C2)CN(C)S1(O)O. The maximum atomic E-state index is 11.1. The minimum absolute atomic E-state index is 0.0100. The van der Waals surface area contributed by atoms with Crippen LogP contribution < -0.4 is 9.04 Å². The Labute approximate surface area is 196 Å². The summed E-state index contributed by atoms with van der Waals surface area (Å²) in [5, 5.41) is 10.1. The number of phenolic OH excluding ortho intramolecular Hbond substituents is 1. The highest BCUT2D eigenvalue weighted by Crippen LogP contribution is 2.61. The highest BCUT2D eigenvalue weighted by Gasteiger charge is 2.56. The number of likely N-dealkylation sites (N-methyl/N-ethyl adjacent to an activating group) is 1. The number of anilines is 1. The van der Waals surface area contributed by atoms with Gasteiger partial charge in [0, 0.05) is 37.6 Å². The van der Waals surface area contributed by atoms with Crippen molar-refractivity contribution < 1.29 is 18.9 Å². The normalized spacial score (nSPS) is 27.4. The second-order valence-corrected chi connectivity index (χ2v) is 12.3. The summed E-state index contributed by atoms with van der Waals surface area (Å²) in [6, 6.07) is 5.77. The molecule has 2 fully saturated rings. The van der Waals surface area contributed by atoms with Crippen LogP contribution in [0.3, 0.4) is 0 Å². The molecule has 10 heteroatoms. The minimum atomic E-state index is -3.09. The molecule has 0 amide bonds. The summed E-state index contributed by atoms with van der Waals surface area (Å²) in [5.74, 6) is 1.35. The first-order chi connectivity index (χ1) is 15.0. The van der Waals surface area contributed by atoms with Crippen LogP contribution in [0, 0.1) is 6.92 Å². The molecule has 2 atom stereocenters. The zero-order chi connectivity index (χ0) is 23.3. The van der Waals surface area contributed by atoms with Gasteiger partial charge in [-0.1, -0.05) is 6.07 Å². The summed E-state index contributed by atoms with van der Waals surface area (Å²) >= 11 is 1.53. The number of nitrogens with zero attached hydrogens (tertiary/aromatic N) is 4. The largest absolute Gasteiger partial charge is 0.504 e. The smallest absolute Gasteiger partial charge is 0.162 e. The zero-order valence-corrected chi connectivity index (χ0v) is 21.0. The van der Waals surface area contributed by atoms with E-state index in [0.717, 1.165) is 36.4 Å². The molecule has 1 spiro atoms. The average Bonchev–Trinajstić information content (AvgIpc) is 3.18. The van der Waals surface area contributed by atoms with Crippen LogP contribution in [0.5, 0.6) is 11.5 Å². The number of aryl methyl sites for hydroxylation is 1. The van der Waals surface area contributed by atoms with Crippen LogP contribution in [0.1, 0.15) is 44.1 Å². The van der Waals surface area contributed by atoms with E-state index in [9.17, 15) is 14.2 Å². The van der Waals surface area contributed by atoms with E-state index in [-0.39, 0.29) is 23.4 Å². The van der Waals surface area contributed by atoms with Gasteiger partial charge in [0.2, 0.25) is 0 Å². The molecule has 2 aliphatic rings. The van der Waals surface area contributed by atoms with Crippen molar-refractivity contribution >= 4 is 28.1 Å². The molecule has 3 N–H and O–H groups in total. The summed E-state index contributed by atoms with van der Waals surface area (Å²) in [6.45, 7) is 10.2. The standard InChI is InChI=1S/C22H34N4O4S2/c1-15(2)30-20-10-18(6-7-19(20)27)12-25-9-8-22(11-16(25)3)13-24(5)32(28,29)26(22)21-17(4)31-14-23-21/h6-7,10,14-16,27-29H,8-9,11-13H2,1-5H3/t16-,22+/m0/s1. The number of aromatic hydroxyl groups is 1. The third-order valence-corrected chi connectivity index (χ3v) is 9.22. The van der Waals surface area contributed by atoms with Gasteiger partial charge in [-0.25, -0.2) is 9.29 Å². The Bertz CT molecular complexity index is 969. The second-order valence-electron chi connectivity index (χ2n) is 9.27. The van der Waals surface area contributed by atoms with Crippen LogP contribution in [0.15, 0.2) is 23.7 Å². The fourth-order valence-corrected chi connectivity index (χ4v) is 7.42. The predicted octanol–water partition coefficient (Wildman–Crippen LogP) is 4.70. The van der Waals surface area contributed by atoms with Crippen molar-refractivity contribution in [2.45, 2.75) is 64.8 Å². The van der Waals surface area contributed by atoms with Crippen molar-refractivity contribution in [1.82, 2.24) is 14.2 Å². The minimum Gasteiger partial charge on any atom is -0.504 e. The summed E-state index contributed by atoms with van der Waals surface area (Å²) in [7, 11) is -1.31. The van der Waals surface area contributed by atoms with Gasteiger partial charge in [-0.05, 0) is 69.2 Å². The van der Waals surface area contributed by atoms with Crippen LogP contribution in [0.25, 0.3) is 0 Å². The van der Waals surface area contributed by atoms with Crippen molar-refractivity contribution in [3.8, 4) is 11.5 Å². The molecule has 0 bridgehead atoms. The van der Waals surface area contributed by atoms with E-state index in [2.05, 4.69) is 16.8 Å². The van der Waals surface area contributed by atoms with Crippen molar-refractivity contribution in [2.24, 2.45) is 0 Å². The highest BCUT2D eigenvalue weighted by molar-refractivity contribution is 8.23. The van der Waals surface area contributed by atoms with E-state index >= 15 is 0 Å². The molecule has 1 aromatic heterocycles. The van der Waals surface area contributed by atoms with Gasteiger partial charge in [-0.3, -0.25) is 14.0 Å². The molecular weight excluding hydrogens is 448 g/mol. The van der Waals surface area contributed by atoms with Gasteiger partial charge in [-0.2, -0.15) is 4.31 Å². The zero-order valence-electron chi connectivity index (χ0n) is 19.4. The Morgan fingerprint density at radius 3 is 2.72 bits per heavy atom. The first-order valence-corrected chi connectivity index (χ1v) is 13.3. The number of rotatable bonds is 5. The van der Waals surface area contributed by atoms with E-state index in [0.29, 0.717) is 18.1 Å². The lowest BCUT2D eigenvalue weighted by molar-refractivity contribution is 0.100. The quantitative estimate of drug-likeness (QED) is 0.565. The van der Waals surface area contributed by atoms with Crippen molar-refractivity contribution in [3.63, 3.8) is 0 Å². The van der Waals surface area contributed by atoms with Gasteiger partial charge >= 0.3 is 0 Å². The molecule has 0 radical (unpaired) electrons. The van der Waals surface area contributed by atoms with Crippen molar-refractivity contribution in [3.05, 3.63) is 34.2 Å². The van der Waals surface area contributed by atoms with Gasteiger partial charge in [0.1, 0.15) is 0 Å². The number of piperidine rings is 1. The maximum Gasteiger partial charge on any atom is 0.162 e. The van der Waals surface area contributed by atoms with Gasteiger partial charge in [-0.15, -0.1) is 11.3 Å². The van der Waals surface area contributed by atoms with E-state index in [4.69, 9.17) is 4.74 Å². The Morgan fingerprint density at radius 2 is 2.09 bits per heavy atom. The first kappa shape index (κ1) is 23.6. The number of likely N-dealkylation sites (tertiary alicyclic amines) is 1. The molecule has 8 nitrogen and oxygen atoms in total. The fourth-order valence-electron chi connectivity index (χ4n) is 4.96. The van der Waals surface area contributed by atoms with Crippen LogP contribution in [0.2, 0.25) is 0 Å². The number of phenols is 1. The lowest BCUT2D eigenvalue weighted by atomic mass is 9.83. The topological polar surface area (TPSA) is 92.5 Å². The van der Waals surface area contributed by atoms with Gasteiger partial charge < -0.3 is 9.84 Å². The summed E-state index contributed by atoms with van der Waals surface area (Å²) in [5.41, 5.74) is 2.48. The highest BCUT2D eigenvalue weighted by atomic mass is 32.3. The molecular formula is C22H34N4O4S2. The third-order valence-electron chi connectivity index (χ3n) is 6.46. The lowest BCUT2D eigenvalue weighted by Crippen LogP contribution is -2.57. The molecule has 2 aliphatic heterocycles. The monoisotopic (exact) mass is 482 g/mol. The number of ether oxygens (including phenoxy) is 1. The number of benzene rings is 1. The molecule has 0 saturated carbocycles. The maximum absolute atomic E-state index is 11.1. The summed E-state index contributed by atoms with van der Waals surface area (Å²) < 4.78 is 31.4. The van der Waals surface area contributed by atoms with Gasteiger partial charge in [0.25, 0.3) is 0 Å². The average molecular weight is 483 g/mol. The van der Waals surface area contributed by atoms with E-state index in [1.54, 1.807) is 22.9 Å². The Kier molecular flexibility index (Phi) is 6.38. The number of hydrogen-bond donors (Lipinski definition) is 3. The molecule has 32 heavy (non-hydrogen) atoms. The van der Waals surface area contributed by atoms with E-state index < -0.39 is 11.0 Å². The molecule has 4 rings (SSSR count). The molecule has 2 saturated heterocycles. The van der Waals surface area contributed by atoms with Crippen molar-refractivity contribution in [1.29, 1.82) is 0 Å². The first-order valence-electron chi connectivity index (χ1n) is 11.0. The van der Waals surface area contributed by atoms with E-state index in [1.165, 1.54) is 11.3 Å². The molecule has 178 valence electrons. The molecule has 1 aromatic carbocycles. The van der Waals surface area contributed by atoms with Crippen LogP contribution in [0.4, 0.5) is 5.82 Å². The summed E-state index contributed by atoms with van der Waals surface area (Å²) in [6.07, 6.45) is 1.60. The van der Waals surface area contributed by atoms with E-state index in [1.807, 2.05) is 37.2 Å². The number of aromatic nitrogens is 1. The third kappa shape index (κ3) is 4.20. The lowest BCUT2D eigenvalue weighted by Gasteiger charge is -2.50. The van der Waals surface area contributed by atoms with Crippen LogP contribution in [-0.4, -0.2) is 66.2 Å². The summed E-state index contributed by atoms with van der Waals surface area (Å²) in [4.78, 5) is 7.90. The van der Waals surface area contributed by atoms with Crippen LogP contribution >= 0.6 is 22.3 Å². The molecule has 2 aromatic rings. The Hall–Kier alpha value is -1.56. The fraction of sp³-hybridized carbons (Fsp3) is 0.591. The molecule has 3 heterocycles. The second kappa shape index (κ2) is 8.66. The predicted molar refractivity (Wildman–Crippen MR) is 131 cm³/mol. The number of thiazole rings is 1. The van der Waals surface area contributed by atoms with Crippen molar-refractivity contribution in [2.75, 3.05) is 24.4 Å². The Morgan fingerprint density at radius 1 is 1.34 bits per heavy atom. The molecule has 0 unspecified atom stereocenters. The van der Waals surface area contributed by atoms with Crippen LogP contribution in [-0.2, 0) is 6.54 Å². The number of hydrogen-bond acceptors (Lipinski definition) is 9. The Balaban J connectivity index is 1.54. The molecule has 0 aliphatic carbocycles. The van der Waals surface area contributed by atoms with Gasteiger partial charge in [0.15, 0.2) is 17.3 Å².